The van der Waals surface area contributed by atoms with E-state index in [0.717, 1.165) is 31.4 Å². The van der Waals surface area contributed by atoms with E-state index in [0.29, 0.717) is 12.3 Å². The SMILES string of the molecule is COc1cc(C)nc(NC(=O)CC2(N)CCCCC2)n1. The van der Waals surface area contributed by atoms with E-state index in [4.69, 9.17) is 10.5 Å². The molecule has 6 heteroatoms. The summed E-state index contributed by atoms with van der Waals surface area (Å²) in [5.41, 5.74) is 6.64. The van der Waals surface area contributed by atoms with Gasteiger partial charge < -0.3 is 10.5 Å². The maximum atomic E-state index is 12.1. The smallest absolute Gasteiger partial charge is 0.232 e. The number of nitrogens with one attached hydrogen (secondary N) is 1. The highest BCUT2D eigenvalue weighted by atomic mass is 16.5. The first kappa shape index (κ1) is 14.7. The van der Waals surface area contributed by atoms with E-state index >= 15 is 0 Å². The van der Waals surface area contributed by atoms with Gasteiger partial charge in [0.1, 0.15) is 0 Å². The second kappa shape index (κ2) is 6.17. The Morgan fingerprint density at radius 1 is 1.40 bits per heavy atom. The van der Waals surface area contributed by atoms with Crippen molar-refractivity contribution in [3.63, 3.8) is 0 Å². The molecule has 6 nitrogen and oxygen atoms in total. The third-order valence-corrected chi connectivity index (χ3v) is 3.65. The Bertz CT molecular complexity index is 484. The fourth-order valence-electron chi connectivity index (χ4n) is 2.62. The lowest BCUT2D eigenvalue weighted by atomic mass is 9.80. The number of ether oxygens (including phenoxy) is 1. The normalized spacial score (nSPS) is 17.6. The van der Waals surface area contributed by atoms with Crippen LogP contribution in [0, 0.1) is 6.92 Å². The van der Waals surface area contributed by atoms with Crippen molar-refractivity contribution in [1.29, 1.82) is 0 Å². The highest BCUT2D eigenvalue weighted by Crippen LogP contribution is 2.28. The Balaban J connectivity index is 1.99. The molecule has 1 heterocycles. The molecular formula is C14H22N4O2. The lowest BCUT2D eigenvalue weighted by molar-refractivity contribution is -0.117. The molecule has 1 aliphatic rings. The first-order valence-corrected chi connectivity index (χ1v) is 6.99. The number of carbonyl (C=O) groups is 1. The number of hydrogen-bond acceptors (Lipinski definition) is 5. The lowest BCUT2D eigenvalue weighted by Crippen LogP contribution is -2.44. The molecule has 1 aromatic rings. The molecule has 0 unspecified atom stereocenters. The molecule has 1 fully saturated rings. The van der Waals surface area contributed by atoms with Gasteiger partial charge in [-0.1, -0.05) is 19.3 Å². The van der Waals surface area contributed by atoms with Crippen LogP contribution >= 0.6 is 0 Å². The Kier molecular flexibility index (Phi) is 4.54. The topological polar surface area (TPSA) is 90.1 Å². The van der Waals surface area contributed by atoms with Crippen LogP contribution in [0.1, 0.15) is 44.2 Å². The molecule has 1 aromatic heterocycles. The standard InChI is InChI=1S/C14H22N4O2/c1-10-8-12(20-2)18-13(16-10)17-11(19)9-14(15)6-4-3-5-7-14/h8H,3-7,9,15H2,1-2H3,(H,16,17,18,19). The van der Waals surface area contributed by atoms with Gasteiger partial charge in [-0.05, 0) is 19.8 Å². The number of hydrogen-bond donors (Lipinski definition) is 2. The van der Waals surface area contributed by atoms with Crippen molar-refractivity contribution in [2.75, 3.05) is 12.4 Å². The molecule has 0 atom stereocenters. The zero-order chi connectivity index (χ0) is 14.6. The molecule has 1 saturated carbocycles. The third-order valence-electron chi connectivity index (χ3n) is 3.65. The predicted octanol–water partition coefficient (Wildman–Crippen LogP) is 1.78. The Hall–Kier alpha value is -1.69. The first-order valence-electron chi connectivity index (χ1n) is 6.99. The van der Waals surface area contributed by atoms with Crippen LogP contribution in [-0.2, 0) is 4.79 Å². The third kappa shape index (κ3) is 3.90. The van der Waals surface area contributed by atoms with E-state index in [-0.39, 0.29) is 17.4 Å². The fraction of sp³-hybridized carbons (Fsp3) is 0.643. The van der Waals surface area contributed by atoms with Crippen LogP contribution in [0.15, 0.2) is 6.07 Å². The number of nitrogens with two attached hydrogens (primary N) is 1. The number of carbonyl (C=O) groups excluding carboxylic acids is 1. The summed E-state index contributed by atoms with van der Waals surface area (Å²) in [6, 6.07) is 1.71. The zero-order valence-electron chi connectivity index (χ0n) is 12.1. The van der Waals surface area contributed by atoms with Crippen LogP contribution in [0.3, 0.4) is 0 Å². The molecule has 0 bridgehead atoms. The van der Waals surface area contributed by atoms with Gasteiger partial charge in [0.15, 0.2) is 0 Å². The van der Waals surface area contributed by atoms with Crippen LogP contribution in [0.25, 0.3) is 0 Å². The summed E-state index contributed by atoms with van der Waals surface area (Å²) < 4.78 is 5.06. The Morgan fingerprint density at radius 3 is 2.75 bits per heavy atom. The van der Waals surface area contributed by atoms with Crippen molar-refractivity contribution in [1.82, 2.24) is 9.97 Å². The van der Waals surface area contributed by atoms with Crippen LogP contribution in [0.5, 0.6) is 5.88 Å². The van der Waals surface area contributed by atoms with Crippen LogP contribution < -0.4 is 15.8 Å². The minimum atomic E-state index is -0.379. The van der Waals surface area contributed by atoms with Crippen molar-refractivity contribution in [3.8, 4) is 5.88 Å². The zero-order valence-corrected chi connectivity index (χ0v) is 12.1. The summed E-state index contributed by atoms with van der Waals surface area (Å²) in [7, 11) is 1.53. The molecule has 1 amide bonds. The molecule has 110 valence electrons. The number of aromatic nitrogens is 2. The minimum absolute atomic E-state index is 0.137. The summed E-state index contributed by atoms with van der Waals surface area (Å²) in [6.45, 7) is 1.82. The molecule has 1 aliphatic carbocycles. The molecule has 20 heavy (non-hydrogen) atoms. The van der Waals surface area contributed by atoms with E-state index in [1.165, 1.54) is 13.5 Å². The molecule has 0 aromatic carbocycles. The van der Waals surface area contributed by atoms with Crippen molar-refractivity contribution in [2.24, 2.45) is 5.73 Å². The molecule has 3 N–H and O–H groups in total. The Morgan fingerprint density at radius 2 is 2.10 bits per heavy atom. The van der Waals surface area contributed by atoms with Gasteiger partial charge in [0.05, 0.1) is 7.11 Å². The number of methoxy groups -OCH3 is 1. The van der Waals surface area contributed by atoms with Crippen molar-refractivity contribution in [2.45, 2.75) is 51.0 Å². The average molecular weight is 278 g/mol. The maximum Gasteiger partial charge on any atom is 0.232 e. The summed E-state index contributed by atoms with van der Waals surface area (Å²) in [4.78, 5) is 20.4. The molecule has 2 rings (SSSR count). The van der Waals surface area contributed by atoms with Crippen molar-refractivity contribution < 1.29 is 9.53 Å². The molecule has 0 aliphatic heterocycles. The summed E-state index contributed by atoms with van der Waals surface area (Å²) >= 11 is 0. The summed E-state index contributed by atoms with van der Waals surface area (Å²) in [5.74, 6) is 0.571. The monoisotopic (exact) mass is 278 g/mol. The van der Waals surface area contributed by atoms with Crippen molar-refractivity contribution >= 4 is 11.9 Å². The van der Waals surface area contributed by atoms with Crippen LogP contribution in [0.4, 0.5) is 5.95 Å². The van der Waals surface area contributed by atoms with E-state index < -0.39 is 0 Å². The summed E-state index contributed by atoms with van der Waals surface area (Å²) in [6.07, 6.45) is 5.51. The lowest BCUT2D eigenvalue weighted by Gasteiger charge is -2.32. The van der Waals surface area contributed by atoms with E-state index in [1.54, 1.807) is 6.07 Å². The molecular weight excluding hydrogens is 256 g/mol. The Labute approximate surface area is 119 Å². The molecule has 0 radical (unpaired) electrons. The quantitative estimate of drug-likeness (QED) is 0.876. The van der Waals surface area contributed by atoms with Gasteiger partial charge in [-0.25, -0.2) is 4.98 Å². The predicted molar refractivity (Wildman–Crippen MR) is 76.6 cm³/mol. The van der Waals surface area contributed by atoms with Crippen LogP contribution in [0.2, 0.25) is 0 Å². The van der Waals surface area contributed by atoms with Gasteiger partial charge in [-0.15, -0.1) is 0 Å². The van der Waals surface area contributed by atoms with E-state index in [2.05, 4.69) is 15.3 Å². The van der Waals surface area contributed by atoms with E-state index in [9.17, 15) is 4.79 Å². The van der Waals surface area contributed by atoms with Gasteiger partial charge in [0, 0.05) is 23.7 Å². The minimum Gasteiger partial charge on any atom is -0.481 e. The van der Waals surface area contributed by atoms with Crippen molar-refractivity contribution in [3.05, 3.63) is 11.8 Å². The van der Waals surface area contributed by atoms with Gasteiger partial charge in [-0.3, -0.25) is 10.1 Å². The van der Waals surface area contributed by atoms with Gasteiger partial charge in [-0.2, -0.15) is 4.98 Å². The fourth-order valence-corrected chi connectivity index (χ4v) is 2.62. The highest BCUT2D eigenvalue weighted by Gasteiger charge is 2.30. The van der Waals surface area contributed by atoms with Gasteiger partial charge in [0.25, 0.3) is 0 Å². The maximum absolute atomic E-state index is 12.1. The number of amides is 1. The molecule has 0 saturated heterocycles. The van der Waals surface area contributed by atoms with Gasteiger partial charge in [0.2, 0.25) is 17.7 Å². The number of nitrogens with zero attached hydrogens (tertiary/aromatic N) is 2. The first-order chi connectivity index (χ1) is 9.50. The summed E-state index contributed by atoms with van der Waals surface area (Å²) in [5, 5.41) is 2.71. The number of aryl methyl sites for hydroxylation is 1. The molecule has 0 spiro atoms. The van der Waals surface area contributed by atoms with Gasteiger partial charge >= 0.3 is 0 Å². The second-order valence-corrected chi connectivity index (χ2v) is 5.52. The highest BCUT2D eigenvalue weighted by molar-refractivity contribution is 5.89. The largest absolute Gasteiger partial charge is 0.481 e. The van der Waals surface area contributed by atoms with Crippen LogP contribution in [-0.4, -0.2) is 28.5 Å². The number of anilines is 1. The number of rotatable bonds is 4. The second-order valence-electron chi connectivity index (χ2n) is 5.52. The average Bonchev–Trinajstić information content (AvgIpc) is 2.37. The van der Waals surface area contributed by atoms with E-state index in [1.807, 2.05) is 6.92 Å².